The van der Waals surface area contributed by atoms with Gasteiger partial charge in [-0.1, -0.05) is 18.2 Å². The van der Waals surface area contributed by atoms with E-state index in [2.05, 4.69) is 20.2 Å². The fourth-order valence-electron chi connectivity index (χ4n) is 3.36. The minimum Gasteiger partial charge on any atom is -0.478 e. The minimum absolute atomic E-state index is 0.266. The Morgan fingerprint density at radius 1 is 1.10 bits per heavy atom. The smallest absolute Gasteiger partial charge is 0.339 e. The summed E-state index contributed by atoms with van der Waals surface area (Å²) in [6.45, 7) is 3.15. The number of benzene rings is 1. The third kappa shape index (κ3) is 4.35. The van der Waals surface area contributed by atoms with Crippen LogP contribution in [0.25, 0.3) is 23.4 Å². The molecule has 2 aromatic heterocycles. The van der Waals surface area contributed by atoms with Crippen LogP contribution in [0, 0.1) is 5.82 Å². The van der Waals surface area contributed by atoms with Crippen LogP contribution < -0.4 is 10.2 Å². The largest absolute Gasteiger partial charge is 0.478 e. The number of aromatic amines is 1. The number of carboxylic acids is 1. The van der Waals surface area contributed by atoms with E-state index in [1.165, 1.54) is 12.1 Å². The molecule has 0 atom stereocenters. The Hall–Kier alpha value is -3.45. The van der Waals surface area contributed by atoms with E-state index in [1.807, 2.05) is 24.3 Å². The van der Waals surface area contributed by atoms with E-state index in [0.29, 0.717) is 5.82 Å². The summed E-state index contributed by atoms with van der Waals surface area (Å²) in [6.07, 6.45) is 5.38. The number of aromatic nitrogens is 2. The van der Waals surface area contributed by atoms with Gasteiger partial charge in [0.25, 0.3) is 0 Å². The quantitative estimate of drug-likeness (QED) is 0.619. The van der Waals surface area contributed by atoms with Crippen molar-refractivity contribution in [1.82, 2.24) is 15.3 Å². The van der Waals surface area contributed by atoms with Crippen LogP contribution >= 0.6 is 0 Å². The molecule has 1 aromatic carbocycles. The predicted molar refractivity (Wildman–Crippen MR) is 111 cm³/mol. The van der Waals surface area contributed by atoms with Gasteiger partial charge in [-0.05, 0) is 42.0 Å². The van der Waals surface area contributed by atoms with Gasteiger partial charge in [-0.15, -0.1) is 0 Å². The number of rotatable bonds is 5. The summed E-state index contributed by atoms with van der Waals surface area (Å²) in [7, 11) is 0. The van der Waals surface area contributed by atoms with Gasteiger partial charge >= 0.3 is 5.97 Å². The topological polar surface area (TPSA) is 81.2 Å². The molecule has 29 heavy (non-hydrogen) atoms. The summed E-state index contributed by atoms with van der Waals surface area (Å²) in [5, 5.41) is 12.9. The molecule has 0 radical (unpaired) electrons. The van der Waals surface area contributed by atoms with Crippen molar-refractivity contribution in [2.75, 3.05) is 31.1 Å². The van der Waals surface area contributed by atoms with Gasteiger partial charge in [0, 0.05) is 43.6 Å². The summed E-state index contributed by atoms with van der Waals surface area (Å²) in [5.74, 6) is -0.593. The second-order valence-electron chi connectivity index (χ2n) is 6.84. The van der Waals surface area contributed by atoms with E-state index in [-0.39, 0.29) is 11.4 Å². The standard InChI is InChI=1S/C22H21FN4O2/c23-17-4-1-15(2-5-17)3-6-18-13-16(7-8-25-18)20-14-19(22(28)29)21(26-20)27-11-9-24-10-12-27/h1-8,13-14,24,26H,9-12H2,(H,28,29)/b6-3+. The number of nitrogens with zero attached hydrogens (tertiary/aromatic N) is 2. The number of carboxylic acid groups (broad SMARTS) is 1. The summed E-state index contributed by atoms with van der Waals surface area (Å²) in [4.78, 5) is 21.4. The number of nitrogens with one attached hydrogen (secondary N) is 2. The highest BCUT2D eigenvalue weighted by Gasteiger charge is 2.21. The first-order valence-electron chi connectivity index (χ1n) is 9.42. The van der Waals surface area contributed by atoms with Gasteiger partial charge in [-0.25, -0.2) is 9.18 Å². The zero-order chi connectivity index (χ0) is 20.2. The molecule has 0 bridgehead atoms. The third-order valence-corrected chi connectivity index (χ3v) is 4.87. The lowest BCUT2D eigenvalue weighted by Crippen LogP contribution is -2.44. The van der Waals surface area contributed by atoms with E-state index >= 15 is 0 Å². The fraction of sp³-hybridized carbons (Fsp3) is 0.182. The van der Waals surface area contributed by atoms with E-state index in [1.54, 1.807) is 24.4 Å². The van der Waals surface area contributed by atoms with Crippen molar-refractivity contribution in [2.45, 2.75) is 0 Å². The highest BCUT2D eigenvalue weighted by molar-refractivity contribution is 5.96. The van der Waals surface area contributed by atoms with Crippen molar-refractivity contribution < 1.29 is 14.3 Å². The third-order valence-electron chi connectivity index (χ3n) is 4.87. The lowest BCUT2D eigenvalue weighted by molar-refractivity contribution is 0.0697. The van der Waals surface area contributed by atoms with Crippen LogP contribution in [0.5, 0.6) is 0 Å². The van der Waals surface area contributed by atoms with Crippen LogP contribution in [0.3, 0.4) is 0 Å². The van der Waals surface area contributed by atoms with Crippen LogP contribution in [0.15, 0.2) is 48.7 Å². The molecule has 0 amide bonds. The van der Waals surface area contributed by atoms with Crippen molar-refractivity contribution in [3.8, 4) is 11.3 Å². The number of H-pyrrole nitrogens is 1. The van der Waals surface area contributed by atoms with Gasteiger partial charge in [0.05, 0.1) is 5.69 Å². The Morgan fingerprint density at radius 2 is 1.86 bits per heavy atom. The molecular formula is C22H21FN4O2. The SMILES string of the molecule is O=C(O)c1cc(-c2ccnc(/C=C/c3ccc(F)cc3)c2)[nH]c1N1CCNCC1. The second kappa shape index (κ2) is 8.28. The molecule has 4 rings (SSSR count). The predicted octanol–water partition coefficient (Wildman–Crippen LogP) is 3.49. The number of hydrogen-bond acceptors (Lipinski definition) is 4. The second-order valence-corrected chi connectivity index (χ2v) is 6.84. The van der Waals surface area contributed by atoms with Gasteiger partial charge < -0.3 is 20.3 Å². The molecule has 3 aromatic rings. The number of piperazine rings is 1. The minimum atomic E-state index is -0.952. The van der Waals surface area contributed by atoms with Crippen LogP contribution in [-0.2, 0) is 0 Å². The lowest BCUT2D eigenvalue weighted by Gasteiger charge is -2.28. The number of pyridine rings is 1. The van der Waals surface area contributed by atoms with Crippen LogP contribution in [0.2, 0.25) is 0 Å². The molecule has 0 unspecified atom stereocenters. The van der Waals surface area contributed by atoms with Gasteiger partial charge in [-0.3, -0.25) is 4.98 Å². The number of hydrogen-bond donors (Lipinski definition) is 3. The molecule has 1 aliphatic heterocycles. The molecule has 3 N–H and O–H groups in total. The highest BCUT2D eigenvalue weighted by atomic mass is 19.1. The molecule has 0 aliphatic carbocycles. The number of carbonyl (C=O) groups is 1. The van der Waals surface area contributed by atoms with Gasteiger partial charge in [0.1, 0.15) is 17.2 Å². The monoisotopic (exact) mass is 392 g/mol. The first-order valence-corrected chi connectivity index (χ1v) is 9.42. The van der Waals surface area contributed by atoms with Gasteiger partial charge in [-0.2, -0.15) is 0 Å². The van der Waals surface area contributed by atoms with Crippen LogP contribution in [0.4, 0.5) is 10.2 Å². The average molecular weight is 392 g/mol. The van der Waals surface area contributed by atoms with Crippen molar-refractivity contribution in [3.63, 3.8) is 0 Å². The Bertz CT molecular complexity index is 1040. The normalized spacial score (nSPS) is 14.4. The molecule has 3 heterocycles. The molecular weight excluding hydrogens is 371 g/mol. The van der Waals surface area contributed by atoms with E-state index in [0.717, 1.165) is 48.7 Å². The Kier molecular flexibility index (Phi) is 5.39. The average Bonchev–Trinajstić information content (AvgIpc) is 3.20. The Balaban J connectivity index is 1.62. The maximum atomic E-state index is 13.0. The van der Waals surface area contributed by atoms with E-state index in [4.69, 9.17) is 0 Å². The summed E-state index contributed by atoms with van der Waals surface area (Å²) >= 11 is 0. The summed E-state index contributed by atoms with van der Waals surface area (Å²) < 4.78 is 13.0. The fourth-order valence-corrected chi connectivity index (χ4v) is 3.36. The maximum absolute atomic E-state index is 13.0. The maximum Gasteiger partial charge on any atom is 0.339 e. The molecule has 0 spiro atoms. The Labute approximate surface area is 167 Å². The zero-order valence-electron chi connectivity index (χ0n) is 15.7. The zero-order valence-corrected chi connectivity index (χ0v) is 15.7. The molecule has 6 nitrogen and oxygen atoms in total. The van der Waals surface area contributed by atoms with E-state index < -0.39 is 5.97 Å². The summed E-state index contributed by atoms with van der Waals surface area (Å²) in [5.41, 5.74) is 3.44. The molecule has 7 heteroatoms. The molecule has 0 saturated carbocycles. The molecule has 148 valence electrons. The van der Waals surface area contributed by atoms with E-state index in [9.17, 15) is 14.3 Å². The van der Waals surface area contributed by atoms with Gasteiger partial charge in [0.15, 0.2) is 0 Å². The first kappa shape index (κ1) is 18.9. The lowest BCUT2D eigenvalue weighted by atomic mass is 10.1. The highest BCUT2D eigenvalue weighted by Crippen LogP contribution is 2.28. The van der Waals surface area contributed by atoms with Crippen molar-refractivity contribution in [2.24, 2.45) is 0 Å². The molecule has 1 saturated heterocycles. The number of aromatic carboxylic acids is 1. The number of anilines is 1. The van der Waals surface area contributed by atoms with Crippen LogP contribution in [0.1, 0.15) is 21.6 Å². The van der Waals surface area contributed by atoms with Crippen LogP contribution in [-0.4, -0.2) is 47.2 Å². The van der Waals surface area contributed by atoms with Gasteiger partial charge in [0.2, 0.25) is 0 Å². The molecule has 1 aliphatic rings. The Morgan fingerprint density at radius 3 is 2.59 bits per heavy atom. The van der Waals surface area contributed by atoms with Crippen molar-refractivity contribution in [1.29, 1.82) is 0 Å². The van der Waals surface area contributed by atoms with Crippen molar-refractivity contribution >= 4 is 23.9 Å². The molecule has 1 fully saturated rings. The summed E-state index contributed by atoms with van der Waals surface area (Å²) in [6, 6.07) is 11.6. The first-order chi connectivity index (χ1) is 14.1. The number of halogens is 1. The van der Waals surface area contributed by atoms with Crippen molar-refractivity contribution in [3.05, 3.63) is 71.3 Å².